The van der Waals surface area contributed by atoms with Gasteiger partial charge in [0.25, 0.3) is 0 Å². The molecule has 108 valence electrons. The zero-order chi connectivity index (χ0) is 15.2. The van der Waals surface area contributed by atoms with E-state index in [1.54, 1.807) is 13.0 Å². The van der Waals surface area contributed by atoms with Gasteiger partial charge >= 0.3 is 5.97 Å². The van der Waals surface area contributed by atoms with E-state index < -0.39 is 0 Å². The summed E-state index contributed by atoms with van der Waals surface area (Å²) in [5.41, 5.74) is 9.39. The number of anilines is 1. The Morgan fingerprint density at radius 1 is 1.24 bits per heavy atom. The van der Waals surface area contributed by atoms with Crippen LogP contribution >= 0.6 is 12.6 Å². The number of esters is 1. The van der Waals surface area contributed by atoms with Crippen molar-refractivity contribution in [3.05, 3.63) is 54.1 Å². The molecular formula is C17H17NO2S. The number of hydrogen-bond donors (Lipinski definition) is 2. The van der Waals surface area contributed by atoms with Gasteiger partial charge < -0.3 is 10.5 Å². The Kier molecular flexibility index (Phi) is 5.06. The molecule has 3 nitrogen and oxygen atoms in total. The summed E-state index contributed by atoms with van der Waals surface area (Å²) in [7, 11) is 0. The van der Waals surface area contributed by atoms with Crippen LogP contribution in [-0.4, -0.2) is 12.6 Å². The second kappa shape index (κ2) is 6.99. The maximum absolute atomic E-state index is 11.4. The monoisotopic (exact) mass is 299 g/mol. The molecule has 2 aromatic carbocycles. The molecular weight excluding hydrogens is 282 g/mol. The van der Waals surface area contributed by atoms with Crippen molar-refractivity contribution in [2.24, 2.45) is 0 Å². The Hall–Kier alpha value is -2.20. The molecule has 2 rings (SSSR count). The highest BCUT2D eigenvalue weighted by Crippen LogP contribution is 2.30. The third-order valence-corrected chi connectivity index (χ3v) is 3.48. The third kappa shape index (κ3) is 3.89. The van der Waals surface area contributed by atoms with Gasteiger partial charge in [0.15, 0.2) is 0 Å². The second-order valence-corrected chi connectivity index (χ2v) is 4.90. The average molecular weight is 299 g/mol. The number of rotatable bonds is 4. The topological polar surface area (TPSA) is 52.3 Å². The lowest BCUT2D eigenvalue weighted by Gasteiger charge is -2.09. The van der Waals surface area contributed by atoms with Crippen molar-refractivity contribution in [1.82, 2.24) is 0 Å². The Morgan fingerprint density at radius 2 is 1.95 bits per heavy atom. The Bertz CT molecular complexity index is 666. The van der Waals surface area contributed by atoms with Crippen molar-refractivity contribution in [2.45, 2.75) is 11.8 Å². The smallest absolute Gasteiger partial charge is 0.330 e. The number of nitrogen functional groups attached to an aromatic ring is 1. The van der Waals surface area contributed by atoms with Gasteiger partial charge in [-0.3, -0.25) is 0 Å². The fourth-order valence-electron chi connectivity index (χ4n) is 1.95. The van der Waals surface area contributed by atoms with Crippen molar-refractivity contribution < 1.29 is 9.53 Å². The lowest BCUT2D eigenvalue weighted by Crippen LogP contribution is -1.99. The van der Waals surface area contributed by atoms with Crippen LogP contribution < -0.4 is 5.73 Å². The number of nitrogens with two attached hydrogens (primary N) is 1. The minimum atomic E-state index is -0.381. The molecule has 0 fully saturated rings. The maximum Gasteiger partial charge on any atom is 0.330 e. The van der Waals surface area contributed by atoms with Gasteiger partial charge in [0.1, 0.15) is 0 Å². The van der Waals surface area contributed by atoms with Crippen molar-refractivity contribution in [3.63, 3.8) is 0 Å². The van der Waals surface area contributed by atoms with Crippen molar-refractivity contribution in [1.29, 1.82) is 0 Å². The van der Waals surface area contributed by atoms with Gasteiger partial charge in [0.2, 0.25) is 0 Å². The summed E-state index contributed by atoms with van der Waals surface area (Å²) >= 11 is 4.40. The normalized spacial score (nSPS) is 10.8. The van der Waals surface area contributed by atoms with Gasteiger partial charge in [-0.2, -0.15) is 0 Å². The van der Waals surface area contributed by atoms with Gasteiger partial charge in [-0.25, -0.2) is 4.79 Å². The third-order valence-electron chi connectivity index (χ3n) is 2.96. The molecule has 2 N–H and O–H groups in total. The summed E-state index contributed by atoms with van der Waals surface area (Å²) in [6.45, 7) is 2.12. The fourth-order valence-corrected chi connectivity index (χ4v) is 2.16. The van der Waals surface area contributed by atoms with Crippen LogP contribution in [0.2, 0.25) is 0 Å². The van der Waals surface area contributed by atoms with Crippen LogP contribution in [0.1, 0.15) is 12.5 Å². The first-order valence-electron chi connectivity index (χ1n) is 6.64. The molecule has 0 aromatic heterocycles. The first-order valence-corrected chi connectivity index (χ1v) is 7.09. The highest BCUT2D eigenvalue weighted by atomic mass is 32.1. The van der Waals surface area contributed by atoms with Gasteiger partial charge in [-0.05, 0) is 41.8 Å². The lowest BCUT2D eigenvalue weighted by molar-refractivity contribution is -0.137. The summed E-state index contributed by atoms with van der Waals surface area (Å²) < 4.78 is 4.87. The molecule has 0 aliphatic rings. The lowest BCUT2D eigenvalue weighted by atomic mass is 10.0. The summed E-state index contributed by atoms with van der Waals surface area (Å²) in [4.78, 5) is 12.1. The van der Waals surface area contributed by atoms with Crippen molar-refractivity contribution in [3.8, 4) is 11.1 Å². The molecule has 2 aromatic rings. The van der Waals surface area contributed by atoms with E-state index in [1.807, 2.05) is 42.5 Å². The Morgan fingerprint density at radius 3 is 2.62 bits per heavy atom. The Labute approximate surface area is 129 Å². The standard InChI is InChI=1S/C17H17NO2S/c1-2-20-16(19)9-8-13-10-14(11-15(18)17(13)21)12-6-4-3-5-7-12/h3-11,21H,2,18H2,1H3/b9-8+. The number of ether oxygens (including phenoxy) is 1. The highest BCUT2D eigenvalue weighted by molar-refractivity contribution is 7.80. The molecule has 0 heterocycles. The summed E-state index contributed by atoms with van der Waals surface area (Å²) in [6.07, 6.45) is 3.05. The van der Waals surface area contributed by atoms with E-state index in [9.17, 15) is 4.79 Å². The van der Waals surface area contributed by atoms with E-state index in [0.717, 1.165) is 16.7 Å². The van der Waals surface area contributed by atoms with Crippen molar-refractivity contribution in [2.75, 3.05) is 12.3 Å². The van der Waals surface area contributed by atoms with Crippen LogP contribution in [-0.2, 0) is 9.53 Å². The van der Waals surface area contributed by atoms with Crippen LogP contribution in [0.25, 0.3) is 17.2 Å². The van der Waals surface area contributed by atoms with E-state index >= 15 is 0 Å². The first kappa shape index (κ1) is 15.2. The number of thiol groups is 1. The molecule has 0 bridgehead atoms. The van der Waals surface area contributed by atoms with Gasteiger partial charge in [0.05, 0.1) is 6.61 Å². The minimum Gasteiger partial charge on any atom is -0.463 e. The summed E-state index contributed by atoms with van der Waals surface area (Å²) in [5, 5.41) is 0. The number of benzene rings is 2. The molecule has 0 amide bonds. The van der Waals surface area contributed by atoms with E-state index in [2.05, 4.69) is 12.6 Å². The molecule has 0 aliphatic carbocycles. The van der Waals surface area contributed by atoms with Crippen molar-refractivity contribution >= 4 is 30.4 Å². The SMILES string of the molecule is CCOC(=O)/C=C/c1cc(-c2ccccc2)cc(N)c1S. The summed E-state index contributed by atoms with van der Waals surface area (Å²) in [6, 6.07) is 13.7. The minimum absolute atomic E-state index is 0.350. The van der Waals surface area contributed by atoms with Crippen LogP contribution in [0.5, 0.6) is 0 Å². The zero-order valence-corrected chi connectivity index (χ0v) is 12.6. The molecule has 0 spiro atoms. The number of hydrogen-bond acceptors (Lipinski definition) is 4. The van der Waals surface area contributed by atoms with Gasteiger partial charge in [-0.1, -0.05) is 30.3 Å². The largest absolute Gasteiger partial charge is 0.463 e. The average Bonchev–Trinajstić information content (AvgIpc) is 2.50. The van der Waals surface area contributed by atoms with Crippen LogP contribution in [0, 0.1) is 0 Å². The van der Waals surface area contributed by atoms with Gasteiger partial charge in [0, 0.05) is 16.7 Å². The van der Waals surface area contributed by atoms with Crippen LogP contribution in [0.4, 0.5) is 5.69 Å². The number of carbonyl (C=O) groups is 1. The highest BCUT2D eigenvalue weighted by Gasteiger charge is 2.06. The van der Waals surface area contributed by atoms with Crippen LogP contribution in [0.15, 0.2) is 53.4 Å². The van der Waals surface area contributed by atoms with E-state index in [0.29, 0.717) is 17.2 Å². The zero-order valence-electron chi connectivity index (χ0n) is 11.7. The molecule has 0 saturated carbocycles. The van der Waals surface area contributed by atoms with Crippen LogP contribution in [0.3, 0.4) is 0 Å². The van der Waals surface area contributed by atoms with E-state index in [1.165, 1.54) is 6.08 Å². The molecule has 21 heavy (non-hydrogen) atoms. The van der Waals surface area contributed by atoms with Gasteiger partial charge in [-0.15, -0.1) is 12.6 Å². The van der Waals surface area contributed by atoms with E-state index in [4.69, 9.17) is 10.5 Å². The summed E-state index contributed by atoms with van der Waals surface area (Å²) in [5.74, 6) is -0.381. The molecule has 0 aliphatic heterocycles. The molecule has 0 radical (unpaired) electrons. The first-order chi connectivity index (χ1) is 10.1. The fraction of sp³-hybridized carbons (Fsp3) is 0.118. The second-order valence-electron chi connectivity index (χ2n) is 4.45. The molecule has 0 unspecified atom stereocenters. The Balaban J connectivity index is 2.38. The molecule has 4 heteroatoms. The maximum atomic E-state index is 11.4. The number of carbonyl (C=O) groups excluding carboxylic acids is 1. The van der Waals surface area contributed by atoms with E-state index in [-0.39, 0.29) is 5.97 Å². The predicted octanol–water partition coefficient (Wildman–Crippen LogP) is 3.80. The molecule has 0 saturated heterocycles. The molecule has 0 atom stereocenters. The quantitative estimate of drug-likeness (QED) is 0.391. The predicted molar refractivity (Wildman–Crippen MR) is 89.2 cm³/mol.